The molecule has 2 N–H and O–H groups in total. The zero-order valence-electron chi connectivity index (χ0n) is 10.4. The second kappa shape index (κ2) is 5.00. The van der Waals surface area contributed by atoms with Gasteiger partial charge in [0, 0.05) is 13.5 Å². The number of benzene rings is 1. The lowest BCUT2D eigenvalue weighted by atomic mass is 10.1. The van der Waals surface area contributed by atoms with Gasteiger partial charge in [0.05, 0.1) is 11.0 Å². The Morgan fingerprint density at radius 2 is 2.17 bits per heavy atom. The molecule has 94 valence electrons. The maximum Gasteiger partial charge on any atom is 0.287 e. The summed E-state index contributed by atoms with van der Waals surface area (Å²) < 4.78 is 0. The van der Waals surface area contributed by atoms with Crippen molar-refractivity contribution in [1.29, 1.82) is 0 Å². The predicted octanol–water partition coefficient (Wildman–Crippen LogP) is 1.12. The lowest BCUT2D eigenvalue weighted by molar-refractivity contribution is -0.136. The van der Waals surface area contributed by atoms with Crippen LogP contribution in [0.1, 0.15) is 18.3 Å². The van der Waals surface area contributed by atoms with Gasteiger partial charge >= 0.3 is 0 Å². The smallest absolute Gasteiger partial charge is 0.287 e. The van der Waals surface area contributed by atoms with Gasteiger partial charge in [0.25, 0.3) is 5.91 Å². The van der Waals surface area contributed by atoms with Crippen molar-refractivity contribution in [2.24, 2.45) is 0 Å². The first-order valence-electron chi connectivity index (χ1n) is 5.80. The van der Waals surface area contributed by atoms with Gasteiger partial charge in [-0.3, -0.25) is 9.59 Å². The highest BCUT2D eigenvalue weighted by atomic mass is 16.2. The second-order valence-corrected chi connectivity index (χ2v) is 4.24. The molecule has 1 heterocycles. The highest BCUT2D eigenvalue weighted by Crippen LogP contribution is 2.13. The molecule has 0 saturated carbocycles. The quantitative estimate of drug-likeness (QED) is 0.792. The van der Waals surface area contributed by atoms with Crippen molar-refractivity contribution in [3.05, 3.63) is 29.6 Å². The summed E-state index contributed by atoms with van der Waals surface area (Å²) in [4.78, 5) is 29.3. The fraction of sp³-hybridized carbons (Fsp3) is 0.308. The van der Waals surface area contributed by atoms with E-state index >= 15 is 0 Å². The molecule has 0 aliphatic carbocycles. The van der Waals surface area contributed by atoms with Crippen molar-refractivity contribution >= 4 is 22.7 Å². The van der Waals surface area contributed by atoms with E-state index in [9.17, 15) is 9.59 Å². The van der Waals surface area contributed by atoms with Crippen LogP contribution in [-0.4, -0.2) is 28.2 Å². The minimum Gasteiger partial charge on any atom is -0.349 e. The first-order valence-corrected chi connectivity index (χ1v) is 5.80. The number of H-pyrrole nitrogens is 1. The molecule has 5 heteroatoms. The summed E-state index contributed by atoms with van der Waals surface area (Å²) in [5, 5.41) is 2.57. The number of amides is 1. The van der Waals surface area contributed by atoms with Crippen molar-refractivity contribution in [3.63, 3.8) is 0 Å². The van der Waals surface area contributed by atoms with Gasteiger partial charge in [0.15, 0.2) is 0 Å². The number of Topliss-reactive ketones (excluding diaryl/α,β-unsaturated/α-hetero) is 1. The zero-order chi connectivity index (χ0) is 13.1. The molecule has 2 rings (SSSR count). The minimum atomic E-state index is -0.534. The number of aryl methyl sites for hydroxylation is 1. The van der Waals surface area contributed by atoms with Crippen molar-refractivity contribution in [3.8, 4) is 0 Å². The molecule has 0 atom stereocenters. The van der Waals surface area contributed by atoms with Crippen LogP contribution in [0.4, 0.5) is 0 Å². The van der Waals surface area contributed by atoms with E-state index in [1.165, 1.54) is 6.92 Å². The second-order valence-electron chi connectivity index (χ2n) is 4.24. The Bertz CT molecular complexity index is 601. The van der Waals surface area contributed by atoms with Crippen LogP contribution in [0.15, 0.2) is 18.2 Å². The van der Waals surface area contributed by atoms with E-state index < -0.39 is 11.7 Å². The molecular weight excluding hydrogens is 230 g/mol. The Labute approximate surface area is 105 Å². The molecule has 18 heavy (non-hydrogen) atoms. The van der Waals surface area contributed by atoms with E-state index in [1.807, 2.05) is 25.1 Å². The third kappa shape index (κ3) is 2.74. The first kappa shape index (κ1) is 12.3. The Morgan fingerprint density at radius 3 is 2.89 bits per heavy atom. The Hall–Kier alpha value is -2.17. The van der Waals surface area contributed by atoms with E-state index in [0.29, 0.717) is 13.0 Å². The normalized spacial score (nSPS) is 10.6. The van der Waals surface area contributed by atoms with Crippen LogP contribution >= 0.6 is 0 Å². The molecule has 2 aromatic rings. The lowest BCUT2D eigenvalue weighted by Crippen LogP contribution is -2.30. The zero-order valence-corrected chi connectivity index (χ0v) is 10.4. The number of carbonyl (C=O) groups excluding carboxylic acids is 2. The van der Waals surface area contributed by atoms with Gasteiger partial charge in [-0.2, -0.15) is 0 Å². The Morgan fingerprint density at radius 1 is 1.39 bits per heavy atom. The number of rotatable bonds is 4. The van der Waals surface area contributed by atoms with Gasteiger partial charge in [0.2, 0.25) is 5.78 Å². The largest absolute Gasteiger partial charge is 0.349 e. The monoisotopic (exact) mass is 245 g/mol. The summed E-state index contributed by atoms with van der Waals surface area (Å²) in [6, 6.07) is 5.93. The summed E-state index contributed by atoms with van der Waals surface area (Å²) in [7, 11) is 0. The highest BCUT2D eigenvalue weighted by Gasteiger charge is 2.06. The predicted molar refractivity (Wildman–Crippen MR) is 68.2 cm³/mol. The maximum atomic E-state index is 11.1. The van der Waals surface area contributed by atoms with Crippen LogP contribution in [0.2, 0.25) is 0 Å². The number of fused-ring (bicyclic) bond motifs is 1. The van der Waals surface area contributed by atoms with Crippen molar-refractivity contribution < 1.29 is 9.59 Å². The van der Waals surface area contributed by atoms with E-state index in [2.05, 4.69) is 15.3 Å². The molecule has 0 aliphatic heterocycles. The van der Waals surface area contributed by atoms with Gasteiger partial charge in [-0.25, -0.2) is 4.98 Å². The van der Waals surface area contributed by atoms with Crippen LogP contribution in [0.3, 0.4) is 0 Å². The number of ketones is 1. The summed E-state index contributed by atoms with van der Waals surface area (Å²) in [5.74, 6) is -0.116. The first-order chi connectivity index (χ1) is 8.56. The Balaban J connectivity index is 1.99. The molecule has 5 nitrogen and oxygen atoms in total. The molecule has 0 fully saturated rings. The SMILES string of the molecule is CC(=O)C(=O)NCCc1ccc2nc(C)[nH]c2c1. The van der Waals surface area contributed by atoms with Crippen LogP contribution in [0.25, 0.3) is 11.0 Å². The third-order valence-electron chi connectivity index (χ3n) is 2.68. The van der Waals surface area contributed by atoms with E-state index in [0.717, 1.165) is 22.4 Å². The van der Waals surface area contributed by atoms with E-state index in [4.69, 9.17) is 0 Å². The number of aromatic amines is 1. The van der Waals surface area contributed by atoms with Gasteiger partial charge in [-0.1, -0.05) is 6.07 Å². The summed E-state index contributed by atoms with van der Waals surface area (Å²) >= 11 is 0. The molecule has 0 unspecified atom stereocenters. The van der Waals surface area contributed by atoms with Gasteiger partial charge in [-0.15, -0.1) is 0 Å². The molecule has 0 aliphatic rings. The van der Waals surface area contributed by atoms with Crippen LogP contribution in [0.5, 0.6) is 0 Å². The van der Waals surface area contributed by atoms with Crippen LogP contribution in [-0.2, 0) is 16.0 Å². The van der Waals surface area contributed by atoms with Crippen molar-refractivity contribution in [2.75, 3.05) is 6.54 Å². The van der Waals surface area contributed by atoms with Gasteiger partial charge < -0.3 is 10.3 Å². The number of nitrogens with one attached hydrogen (secondary N) is 2. The topological polar surface area (TPSA) is 74.8 Å². The van der Waals surface area contributed by atoms with E-state index in [-0.39, 0.29) is 0 Å². The molecule has 1 aromatic carbocycles. The molecular formula is C13H15N3O2. The average Bonchev–Trinajstić information content (AvgIpc) is 2.68. The summed E-state index contributed by atoms with van der Waals surface area (Å²) in [6.07, 6.45) is 0.688. The van der Waals surface area contributed by atoms with Gasteiger partial charge in [-0.05, 0) is 31.0 Å². The molecule has 0 bridgehead atoms. The number of nitrogens with zero attached hydrogens (tertiary/aromatic N) is 1. The standard InChI is InChI=1S/C13H15N3O2/c1-8(17)13(18)14-6-5-10-3-4-11-12(7-10)16-9(2)15-11/h3-4,7H,5-6H2,1-2H3,(H,14,18)(H,15,16). The van der Waals surface area contributed by atoms with Gasteiger partial charge in [0.1, 0.15) is 5.82 Å². The molecule has 0 spiro atoms. The minimum absolute atomic E-state index is 0.455. The summed E-state index contributed by atoms with van der Waals surface area (Å²) in [6.45, 7) is 3.62. The lowest BCUT2D eigenvalue weighted by Gasteiger charge is -2.03. The molecule has 1 amide bonds. The number of aromatic nitrogens is 2. The number of carbonyl (C=O) groups is 2. The number of imidazole rings is 1. The fourth-order valence-corrected chi connectivity index (χ4v) is 1.78. The van der Waals surface area contributed by atoms with Crippen LogP contribution in [0, 0.1) is 6.92 Å². The molecule has 1 aromatic heterocycles. The Kier molecular flexibility index (Phi) is 3.41. The third-order valence-corrected chi connectivity index (χ3v) is 2.68. The highest BCUT2D eigenvalue weighted by molar-refractivity contribution is 6.35. The van der Waals surface area contributed by atoms with Crippen molar-refractivity contribution in [2.45, 2.75) is 20.3 Å². The fourth-order valence-electron chi connectivity index (χ4n) is 1.78. The van der Waals surface area contributed by atoms with Crippen molar-refractivity contribution in [1.82, 2.24) is 15.3 Å². The molecule has 0 saturated heterocycles. The maximum absolute atomic E-state index is 11.1. The summed E-state index contributed by atoms with van der Waals surface area (Å²) in [5.41, 5.74) is 3.02. The average molecular weight is 245 g/mol. The van der Waals surface area contributed by atoms with E-state index in [1.54, 1.807) is 0 Å². The number of hydrogen-bond donors (Lipinski definition) is 2. The number of hydrogen-bond acceptors (Lipinski definition) is 3. The van der Waals surface area contributed by atoms with Crippen LogP contribution < -0.4 is 5.32 Å². The molecule has 0 radical (unpaired) electrons.